The lowest BCUT2D eigenvalue weighted by molar-refractivity contribution is -0.153. The lowest BCUT2D eigenvalue weighted by Crippen LogP contribution is -2.27. The number of amides is 1. The molecule has 2 aromatic carbocycles. The summed E-state index contributed by atoms with van der Waals surface area (Å²) in [5.41, 5.74) is -1.54. The summed E-state index contributed by atoms with van der Waals surface area (Å²) in [5.74, 6) is -2.89. The van der Waals surface area contributed by atoms with Gasteiger partial charge < -0.3 is 10.1 Å². The van der Waals surface area contributed by atoms with Gasteiger partial charge in [0.05, 0.1) is 5.56 Å². The van der Waals surface area contributed by atoms with Gasteiger partial charge in [0.15, 0.2) is 6.61 Å². The highest BCUT2D eigenvalue weighted by Crippen LogP contribution is 2.29. The normalized spacial score (nSPS) is 13.5. The molecular weight excluding hydrogens is 463 g/mol. The molecule has 0 spiro atoms. The first-order valence-corrected chi connectivity index (χ1v) is 10.3. The van der Waals surface area contributed by atoms with Crippen molar-refractivity contribution in [2.45, 2.75) is 38.9 Å². The average Bonchev–Trinajstić information content (AvgIpc) is 3.11. The molecule has 2 heterocycles. The van der Waals surface area contributed by atoms with Crippen LogP contribution in [0.15, 0.2) is 35.1 Å². The van der Waals surface area contributed by atoms with Crippen molar-refractivity contribution in [3.8, 4) is 11.4 Å². The number of carbonyl (C=O) groups excluding carboxylic acids is 1. The molecule has 0 atom stereocenters. The van der Waals surface area contributed by atoms with Crippen molar-refractivity contribution in [3.05, 3.63) is 69.4 Å². The first-order chi connectivity index (χ1) is 16.0. The number of rotatable bonds is 5. The van der Waals surface area contributed by atoms with Gasteiger partial charge in [-0.3, -0.25) is 9.36 Å². The lowest BCUT2D eigenvalue weighted by Gasteiger charge is -2.16. The van der Waals surface area contributed by atoms with E-state index in [1.165, 1.54) is 29.7 Å². The van der Waals surface area contributed by atoms with E-state index in [4.69, 9.17) is 4.74 Å². The third-order valence-electron chi connectivity index (χ3n) is 5.40. The summed E-state index contributed by atoms with van der Waals surface area (Å²) in [4.78, 5) is 25.5. The molecule has 0 radical (unpaired) electrons. The number of alkyl halides is 3. The van der Waals surface area contributed by atoms with E-state index in [2.05, 4.69) is 10.4 Å². The second kappa shape index (κ2) is 8.92. The number of carbonyl (C=O) groups is 1. The van der Waals surface area contributed by atoms with Crippen LogP contribution in [-0.4, -0.2) is 33.0 Å². The van der Waals surface area contributed by atoms with Crippen molar-refractivity contribution < 1.29 is 31.5 Å². The van der Waals surface area contributed by atoms with Crippen molar-refractivity contribution in [3.63, 3.8) is 0 Å². The monoisotopic (exact) mass is 482 g/mol. The highest BCUT2D eigenvalue weighted by molar-refractivity contribution is 6.06. The number of hydrogen-bond acceptors (Lipinski definition) is 4. The first kappa shape index (κ1) is 23.5. The fraction of sp³-hybridized carbons (Fsp3) is 0.318. The summed E-state index contributed by atoms with van der Waals surface area (Å²) >= 11 is 0. The highest BCUT2D eigenvalue weighted by Gasteiger charge is 2.30. The number of ether oxygens (including phenoxy) is 1. The summed E-state index contributed by atoms with van der Waals surface area (Å²) in [7, 11) is 0. The molecule has 3 aromatic rings. The predicted molar refractivity (Wildman–Crippen MR) is 111 cm³/mol. The summed E-state index contributed by atoms with van der Waals surface area (Å²) in [6.07, 6.45) is -2.72. The molecule has 0 aliphatic carbocycles. The van der Waals surface area contributed by atoms with Crippen molar-refractivity contribution in [2.24, 2.45) is 0 Å². The van der Waals surface area contributed by atoms with Crippen LogP contribution in [0.1, 0.15) is 34.6 Å². The number of halogens is 5. The molecule has 34 heavy (non-hydrogen) atoms. The first-order valence-electron chi connectivity index (χ1n) is 10.3. The minimum absolute atomic E-state index is 0.0502. The largest absolute Gasteiger partial charge is 0.483 e. The zero-order valence-electron chi connectivity index (χ0n) is 17.9. The molecule has 1 aliphatic heterocycles. The summed E-state index contributed by atoms with van der Waals surface area (Å²) < 4.78 is 74.2. The van der Waals surface area contributed by atoms with E-state index in [1.807, 2.05) is 0 Å². The number of aromatic nitrogens is 3. The third-order valence-corrected chi connectivity index (χ3v) is 5.40. The van der Waals surface area contributed by atoms with Crippen molar-refractivity contribution in [2.75, 3.05) is 11.9 Å². The van der Waals surface area contributed by atoms with Gasteiger partial charge >= 0.3 is 11.9 Å². The van der Waals surface area contributed by atoms with Crippen molar-refractivity contribution in [1.29, 1.82) is 0 Å². The number of aryl methyl sites for hydroxylation is 1. The molecule has 1 amide bonds. The molecule has 1 aliphatic rings. The maximum atomic E-state index is 15.1. The molecule has 0 saturated carbocycles. The van der Waals surface area contributed by atoms with Gasteiger partial charge in [0.1, 0.15) is 28.9 Å². The average molecular weight is 482 g/mol. The smallest absolute Gasteiger partial charge is 0.422 e. The van der Waals surface area contributed by atoms with E-state index < -0.39 is 53.0 Å². The fourth-order valence-corrected chi connectivity index (χ4v) is 3.65. The number of anilines is 1. The zero-order chi connectivity index (χ0) is 24.6. The molecule has 0 fully saturated rings. The Labute approximate surface area is 189 Å². The van der Waals surface area contributed by atoms with Crippen LogP contribution < -0.4 is 15.7 Å². The van der Waals surface area contributed by atoms with Crippen LogP contribution >= 0.6 is 0 Å². The molecule has 1 aromatic heterocycles. The van der Waals surface area contributed by atoms with Crippen LogP contribution in [0.5, 0.6) is 5.75 Å². The third kappa shape index (κ3) is 4.66. The second-order valence-corrected chi connectivity index (χ2v) is 7.79. The standard InChI is InChI=1S/C22H19F5N4O3/c1-12-14(23)5-4-6-16(12)28-20(32)13-9-15(24)17(10-18(13)34-11-22(25,26)27)31-21(33)30-8-3-2-7-19(30)29-31/h4-6,9-10H,2-3,7-8,11H2,1H3,(H,28,32). The molecule has 7 nitrogen and oxygen atoms in total. The molecular formula is C22H19F5N4O3. The highest BCUT2D eigenvalue weighted by atomic mass is 19.4. The number of nitrogens with zero attached hydrogens (tertiary/aromatic N) is 3. The number of benzene rings is 2. The number of hydrogen-bond donors (Lipinski definition) is 1. The van der Waals surface area contributed by atoms with Gasteiger partial charge in [-0.25, -0.2) is 13.6 Å². The van der Waals surface area contributed by atoms with E-state index >= 15 is 4.39 Å². The van der Waals surface area contributed by atoms with E-state index in [0.717, 1.165) is 23.6 Å². The Morgan fingerprint density at radius 3 is 2.65 bits per heavy atom. The van der Waals surface area contributed by atoms with E-state index in [0.29, 0.717) is 24.9 Å². The van der Waals surface area contributed by atoms with Gasteiger partial charge in [0.2, 0.25) is 0 Å². The van der Waals surface area contributed by atoms with E-state index in [9.17, 15) is 27.2 Å². The van der Waals surface area contributed by atoms with Crippen LogP contribution in [0.25, 0.3) is 5.69 Å². The van der Waals surface area contributed by atoms with Gasteiger partial charge in [-0.2, -0.15) is 17.9 Å². The number of fused-ring (bicyclic) bond motifs is 1. The van der Waals surface area contributed by atoms with Crippen LogP contribution in [0.3, 0.4) is 0 Å². The van der Waals surface area contributed by atoms with E-state index in [1.54, 1.807) is 0 Å². The lowest BCUT2D eigenvalue weighted by atomic mass is 10.1. The molecule has 0 bridgehead atoms. The van der Waals surface area contributed by atoms with Crippen molar-refractivity contribution in [1.82, 2.24) is 14.3 Å². The fourth-order valence-electron chi connectivity index (χ4n) is 3.65. The second-order valence-electron chi connectivity index (χ2n) is 7.79. The van der Waals surface area contributed by atoms with Crippen LogP contribution in [0.4, 0.5) is 27.6 Å². The van der Waals surface area contributed by atoms with Crippen LogP contribution in [-0.2, 0) is 13.0 Å². The van der Waals surface area contributed by atoms with Gasteiger partial charge in [-0.05, 0) is 38.0 Å². The quantitative estimate of drug-likeness (QED) is 0.555. The van der Waals surface area contributed by atoms with Gasteiger partial charge in [0, 0.05) is 30.3 Å². The molecule has 12 heteroatoms. The minimum atomic E-state index is -4.74. The van der Waals surface area contributed by atoms with Gasteiger partial charge in [0.25, 0.3) is 5.91 Å². The van der Waals surface area contributed by atoms with Crippen LogP contribution in [0.2, 0.25) is 0 Å². The molecule has 0 unspecified atom stereocenters. The Morgan fingerprint density at radius 1 is 1.18 bits per heavy atom. The molecule has 0 saturated heterocycles. The Hall–Kier alpha value is -3.70. The Balaban J connectivity index is 1.77. The SMILES string of the molecule is Cc1c(F)cccc1NC(=O)c1cc(F)c(-n2nc3n(c2=O)CCCC3)cc1OCC(F)(F)F. The maximum Gasteiger partial charge on any atom is 0.422 e. The number of nitrogens with one attached hydrogen (secondary N) is 1. The minimum Gasteiger partial charge on any atom is -0.483 e. The van der Waals surface area contributed by atoms with Gasteiger partial charge in [-0.15, -0.1) is 5.10 Å². The molecule has 1 N–H and O–H groups in total. The maximum absolute atomic E-state index is 15.1. The Kier molecular flexibility index (Phi) is 6.15. The van der Waals surface area contributed by atoms with Crippen LogP contribution in [0, 0.1) is 18.6 Å². The van der Waals surface area contributed by atoms with Crippen molar-refractivity contribution >= 4 is 11.6 Å². The van der Waals surface area contributed by atoms with Gasteiger partial charge in [-0.1, -0.05) is 6.07 Å². The Bertz CT molecular complexity index is 1310. The summed E-state index contributed by atoms with van der Waals surface area (Å²) in [6.45, 7) is 0.0231. The summed E-state index contributed by atoms with van der Waals surface area (Å²) in [5, 5.41) is 6.45. The summed E-state index contributed by atoms with van der Waals surface area (Å²) in [6, 6.07) is 5.37. The molecule has 180 valence electrons. The zero-order valence-corrected chi connectivity index (χ0v) is 17.9. The predicted octanol–water partition coefficient (Wildman–Crippen LogP) is 4.15. The topological polar surface area (TPSA) is 78.2 Å². The van der Waals surface area contributed by atoms with E-state index in [-0.39, 0.29) is 11.3 Å². The molecule has 4 rings (SSSR count). The Morgan fingerprint density at radius 2 is 1.94 bits per heavy atom.